The van der Waals surface area contributed by atoms with E-state index < -0.39 is 0 Å². The summed E-state index contributed by atoms with van der Waals surface area (Å²) in [6, 6.07) is 12.9. The van der Waals surface area contributed by atoms with Gasteiger partial charge in [0.15, 0.2) is 0 Å². The van der Waals surface area contributed by atoms with Crippen molar-refractivity contribution in [1.82, 2.24) is 0 Å². The summed E-state index contributed by atoms with van der Waals surface area (Å²) < 4.78 is 10.9. The molecule has 0 aliphatic heterocycles. The topological polar surface area (TPSA) is 44.5 Å². The molecule has 0 saturated carbocycles. The SMILES string of the molecule is COc1cccc(Oc2c(Cl)cccc2CN)c1. The number of halogens is 1. The highest BCUT2D eigenvalue weighted by atomic mass is 35.5. The Hall–Kier alpha value is -1.71. The van der Waals surface area contributed by atoms with E-state index in [1.807, 2.05) is 30.3 Å². The Kier molecular flexibility index (Phi) is 4.07. The first-order valence-corrected chi connectivity index (χ1v) is 5.91. The van der Waals surface area contributed by atoms with Crippen molar-refractivity contribution in [2.45, 2.75) is 6.54 Å². The second-order valence-corrected chi connectivity index (χ2v) is 4.12. The molecule has 2 aromatic carbocycles. The molecule has 0 fully saturated rings. The highest BCUT2D eigenvalue weighted by molar-refractivity contribution is 6.32. The van der Waals surface area contributed by atoms with Gasteiger partial charge in [-0.2, -0.15) is 0 Å². The molecule has 2 aromatic rings. The summed E-state index contributed by atoms with van der Waals surface area (Å²) >= 11 is 6.12. The van der Waals surface area contributed by atoms with Gasteiger partial charge in [-0.25, -0.2) is 0 Å². The van der Waals surface area contributed by atoms with Gasteiger partial charge in [0.2, 0.25) is 0 Å². The lowest BCUT2D eigenvalue weighted by Crippen LogP contribution is -1.99. The largest absolute Gasteiger partial charge is 0.497 e. The van der Waals surface area contributed by atoms with Gasteiger partial charge in [0.25, 0.3) is 0 Å². The third-order valence-corrected chi connectivity index (χ3v) is 2.83. The molecule has 0 radical (unpaired) electrons. The van der Waals surface area contributed by atoms with Gasteiger partial charge in [0.05, 0.1) is 12.1 Å². The summed E-state index contributed by atoms with van der Waals surface area (Å²) in [6.07, 6.45) is 0. The number of hydrogen-bond donors (Lipinski definition) is 1. The minimum Gasteiger partial charge on any atom is -0.497 e. The van der Waals surface area contributed by atoms with Gasteiger partial charge in [-0.05, 0) is 18.2 Å². The Morgan fingerprint density at radius 3 is 2.56 bits per heavy atom. The number of rotatable bonds is 4. The first kappa shape index (κ1) is 12.7. The molecule has 0 atom stereocenters. The van der Waals surface area contributed by atoms with Crippen LogP contribution in [0.1, 0.15) is 5.56 Å². The smallest absolute Gasteiger partial charge is 0.150 e. The highest BCUT2D eigenvalue weighted by Gasteiger charge is 2.08. The van der Waals surface area contributed by atoms with E-state index >= 15 is 0 Å². The van der Waals surface area contributed by atoms with Crippen LogP contribution in [-0.2, 0) is 6.54 Å². The summed E-state index contributed by atoms with van der Waals surface area (Å²) in [5.74, 6) is 1.99. The summed E-state index contributed by atoms with van der Waals surface area (Å²) in [7, 11) is 1.61. The Labute approximate surface area is 111 Å². The molecule has 0 spiro atoms. The Balaban J connectivity index is 2.33. The fourth-order valence-corrected chi connectivity index (χ4v) is 1.84. The lowest BCUT2D eigenvalue weighted by Gasteiger charge is -2.12. The maximum Gasteiger partial charge on any atom is 0.150 e. The van der Waals surface area contributed by atoms with Crippen LogP contribution >= 0.6 is 11.6 Å². The monoisotopic (exact) mass is 263 g/mol. The van der Waals surface area contributed by atoms with Crippen molar-refractivity contribution in [2.75, 3.05) is 7.11 Å². The van der Waals surface area contributed by atoms with E-state index in [2.05, 4.69) is 0 Å². The molecule has 94 valence electrons. The predicted octanol–water partition coefficient (Wildman–Crippen LogP) is 3.60. The lowest BCUT2D eigenvalue weighted by atomic mass is 10.2. The van der Waals surface area contributed by atoms with Crippen LogP contribution < -0.4 is 15.2 Å². The third kappa shape index (κ3) is 2.75. The van der Waals surface area contributed by atoms with Crippen molar-refractivity contribution in [1.29, 1.82) is 0 Å². The number of benzene rings is 2. The van der Waals surface area contributed by atoms with Gasteiger partial charge in [-0.15, -0.1) is 0 Å². The molecule has 0 bridgehead atoms. The molecular formula is C14H14ClNO2. The standard InChI is InChI=1S/C14H14ClNO2/c1-17-11-5-3-6-12(8-11)18-14-10(9-16)4-2-7-13(14)15/h2-8H,9,16H2,1H3. The average Bonchev–Trinajstić information content (AvgIpc) is 2.41. The molecule has 0 aliphatic carbocycles. The zero-order valence-corrected chi connectivity index (χ0v) is 10.8. The minimum atomic E-state index is 0.375. The van der Waals surface area contributed by atoms with Crippen molar-refractivity contribution < 1.29 is 9.47 Å². The van der Waals surface area contributed by atoms with Crippen LogP contribution in [0.4, 0.5) is 0 Å². The van der Waals surface area contributed by atoms with Crippen LogP contribution in [0.25, 0.3) is 0 Å². The molecule has 0 heterocycles. The number of para-hydroxylation sites is 1. The van der Waals surface area contributed by atoms with Crippen molar-refractivity contribution in [3.63, 3.8) is 0 Å². The van der Waals surface area contributed by atoms with E-state index in [9.17, 15) is 0 Å². The zero-order valence-electron chi connectivity index (χ0n) is 10.0. The van der Waals surface area contributed by atoms with E-state index in [-0.39, 0.29) is 0 Å². The van der Waals surface area contributed by atoms with Crippen molar-refractivity contribution >= 4 is 11.6 Å². The summed E-state index contributed by atoms with van der Waals surface area (Å²) in [5.41, 5.74) is 6.53. The molecule has 0 saturated heterocycles. The molecule has 0 aliphatic rings. The molecule has 0 unspecified atom stereocenters. The maximum atomic E-state index is 6.12. The maximum absolute atomic E-state index is 6.12. The number of hydrogen-bond acceptors (Lipinski definition) is 3. The van der Waals surface area contributed by atoms with Crippen molar-refractivity contribution in [3.8, 4) is 17.2 Å². The van der Waals surface area contributed by atoms with E-state index in [1.54, 1.807) is 19.2 Å². The lowest BCUT2D eigenvalue weighted by molar-refractivity contribution is 0.408. The molecule has 3 nitrogen and oxygen atoms in total. The average molecular weight is 264 g/mol. The molecule has 0 amide bonds. The van der Waals surface area contributed by atoms with Crippen LogP contribution in [-0.4, -0.2) is 7.11 Å². The van der Waals surface area contributed by atoms with Gasteiger partial charge in [-0.1, -0.05) is 29.8 Å². The number of methoxy groups -OCH3 is 1. The molecule has 18 heavy (non-hydrogen) atoms. The minimum absolute atomic E-state index is 0.375. The Bertz CT molecular complexity index is 543. The molecule has 2 N–H and O–H groups in total. The first-order valence-electron chi connectivity index (χ1n) is 5.54. The van der Waals surface area contributed by atoms with Crippen LogP contribution in [0.2, 0.25) is 5.02 Å². The van der Waals surface area contributed by atoms with E-state index in [4.69, 9.17) is 26.8 Å². The van der Waals surface area contributed by atoms with E-state index in [0.717, 1.165) is 11.3 Å². The highest BCUT2D eigenvalue weighted by Crippen LogP contribution is 2.33. The van der Waals surface area contributed by atoms with Gasteiger partial charge in [-0.3, -0.25) is 0 Å². The van der Waals surface area contributed by atoms with Crippen LogP contribution in [0.5, 0.6) is 17.2 Å². The van der Waals surface area contributed by atoms with E-state index in [1.165, 1.54) is 0 Å². The Morgan fingerprint density at radius 1 is 1.11 bits per heavy atom. The molecule has 2 rings (SSSR count). The van der Waals surface area contributed by atoms with Crippen molar-refractivity contribution in [2.24, 2.45) is 5.73 Å². The van der Waals surface area contributed by atoms with Gasteiger partial charge < -0.3 is 15.2 Å². The molecule has 4 heteroatoms. The van der Waals surface area contributed by atoms with Crippen LogP contribution in [0.3, 0.4) is 0 Å². The summed E-state index contributed by atoms with van der Waals surface area (Å²) in [4.78, 5) is 0. The fraction of sp³-hybridized carbons (Fsp3) is 0.143. The van der Waals surface area contributed by atoms with Gasteiger partial charge >= 0.3 is 0 Å². The van der Waals surface area contributed by atoms with Crippen LogP contribution in [0, 0.1) is 0 Å². The quantitative estimate of drug-likeness (QED) is 0.917. The third-order valence-electron chi connectivity index (χ3n) is 2.53. The summed E-state index contributed by atoms with van der Waals surface area (Å²) in [6.45, 7) is 0.375. The first-order chi connectivity index (χ1) is 8.74. The zero-order chi connectivity index (χ0) is 13.0. The predicted molar refractivity (Wildman–Crippen MR) is 72.4 cm³/mol. The van der Waals surface area contributed by atoms with Gasteiger partial charge in [0, 0.05) is 18.2 Å². The number of ether oxygens (including phenoxy) is 2. The second-order valence-electron chi connectivity index (χ2n) is 3.71. The van der Waals surface area contributed by atoms with Crippen LogP contribution in [0.15, 0.2) is 42.5 Å². The number of nitrogens with two attached hydrogens (primary N) is 1. The fourth-order valence-electron chi connectivity index (χ4n) is 1.61. The normalized spacial score (nSPS) is 10.2. The summed E-state index contributed by atoms with van der Waals surface area (Å²) in [5, 5.41) is 0.542. The van der Waals surface area contributed by atoms with Crippen molar-refractivity contribution in [3.05, 3.63) is 53.1 Å². The molecular weight excluding hydrogens is 250 g/mol. The second kappa shape index (κ2) is 5.76. The Morgan fingerprint density at radius 2 is 1.83 bits per heavy atom. The van der Waals surface area contributed by atoms with Gasteiger partial charge in [0.1, 0.15) is 17.2 Å². The van der Waals surface area contributed by atoms with E-state index in [0.29, 0.717) is 23.1 Å². The molecule has 0 aromatic heterocycles.